The third kappa shape index (κ3) is 4.74. The van der Waals surface area contributed by atoms with E-state index in [1.54, 1.807) is 24.9 Å². The van der Waals surface area contributed by atoms with Gasteiger partial charge in [0.2, 0.25) is 0 Å². The predicted octanol–water partition coefficient (Wildman–Crippen LogP) is 4.72. The topological polar surface area (TPSA) is 74.8 Å². The lowest BCUT2D eigenvalue weighted by atomic mass is 9.87. The predicted molar refractivity (Wildman–Crippen MR) is 129 cm³/mol. The number of carbonyl (C=O) groups excluding carboxylic acids is 2. The molecule has 0 bridgehead atoms. The van der Waals surface area contributed by atoms with Gasteiger partial charge in [0.1, 0.15) is 11.4 Å². The first-order chi connectivity index (χ1) is 15.6. The van der Waals surface area contributed by atoms with E-state index in [9.17, 15) is 9.59 Å². The fraction of sp³-hybridized carbons (Fsp3) is 0.500. The number of anilines is 2. The number of benzene rings is 1. The van der Waals surface area contributed by atoms with E-state index in [-0.39, 0.29) is 17.4 Å². The highest BCUT2D eigenvalue weighted by Gasteiger charge is 2.51. The molecule has 2 fully saturated rings. The first-order valence-electron chi connectivity index (χ1n) is 11.6. The van der Waals surface area contributed by atoms with Crippen molar-refractivity contribution in [2.45, 2.75) is 71.0 Å². The molecule has 1 aromatic carbocycles. The van der Waals surface area contributed by atoms with E-state index in [2.05, 4.69) is 31.1 Å². The summed E-state index contributed by atoms with van der Waals surface area (Å²) < 4.78 is 5.42. The molecule has 0 spiro atoms. The molecule has 0 radical (unpaired) electrons. The van der Waals surface area contributed by atoms with E-state index in [4.69, 9.17) is 4.74 Å². The van der Waals surface area contributed by atoms with Gasteiger partial charge in [-0.05, 0) is 67.5 Å². The van der Waals surface area contributed by atoms with E-state index >= 15 is 0 Å². The second-order valence-corrected chi connectivity index (χ2v) is 10.4. The highest BCUT2D eigenvalue weighted by atomic mass is 16.5. The first-order valence-corrected chi connectivity index (χ1v) is 11.6. The molecular formula is C26H34N4O3. The third-order valence-corrected chi connectivity index (χ3v) is 6.55. The number of rotatable bonds is 5. The lowest BCUT2D eigenvalue weighted by molar-refractivity contribution is -0.123. The molecule has 1 N–H and O–H groups in total. The van der Waals surface area contributed by atoms with Crippen LogP contribution in [0.1, 0.15) is 58.6 Å². The zero-order valence-electron chi connectivity index (χ0n) is 20.2. The summed E-state index contributed by atoms with van der Waals surface area (Å²) in [6, 6.07) is 11.6. The number of amides is 3. The maximum Gasteiger partial charge on any atom is 0.332 e. The highest BCUT2D eigenvalue weighted by Crippen LogP contribution is 2.34. The second kappa shape index (κ2) is 8.78. The maximum atomic E-state index is 13.4. The molecule has 2 aliphatic heterocycles. The van der Waals surface area contributed by atoms with E-state index in [0.717, 1.165) is 43.0 Å². The highest BCUT2D eigenvalue weighted by molar-refractivity contribution is 6.22. The average Bonchev–Trinajstić information content (AvgIpc) is 2.94. The molecule has 176 valence electrons. The molecule has 33 heavy (non-hydrogen) atoms. The number of carbonyl (C=O) groups is 2. The van der Waals surface area contributed by atoms with Gasteiger partial charge in [-0.15, -0.1) is 0 Å². The van der Waals surface area contributed by atoms with Gasteiger partial charge in [-0.25, -0.2) is 14.7 Å². The van der Waals surface area contributed by atoms with Crippen LogP contribution in [0.5, 0.6) is 0 Å². The molecule has 0 saturated carbocycles. The minimum Gasteiger partial charge on any atom is -0.381 e. The molecule has 7 heteroatoms. The number of pyridine rings is 1. The Bertz CT molecular complexity index is 1020. The Morgan fingerprint density at radius 2 is 1.76 bits per heavy atom. The van der Waals surface area contributed by atoms with Crippen LogP contribution in [0, 0.1) is 0 Å². The van der Waals surface area contributed by atoms with Gasteiger partial charge in [-0.1, -0.05) is 32.9 Å². The number of urea groups is 1. The van der Waals surface area contributed by atoms with Gasteiger partial charge in [0.15, 0.2) is 0 Å². The second-order valence-electron chi connectivity index (χ2n) is 10.4. The smallest absolute Gasteiger partial charge is 0.332 e. The summed E-state index contributed by atoms with van der Waals surface area (Å²) in [5.74, 6) is 0.565. The van der Waals surface area contributed by atoms with Crippen molar-refractivity contribution < 1.29 is 14.3 Å². The van der Waals surface area contributed by atoms with Gasteiger partial charge >= 0.3 is 6.03 Å². The van der Waals surface area contributed by atoms with Crippen molar-refractivity contribution in [1.29, 1.82) is 0 Å². The van der Waals surface area contributed by atoms with E-state index in [1.807, 2.05) is 36.4 Å². The first kappa shape index (κ1) is 23.2. The number of ether oxygens (including phenoxy) is 1. The van der Waals surface area contributed by atoms with Crippen LogP contribution in [0.25, 0.3) is 0 Å². The minimum absolute atomic E-state index is 0.000596. The molecule has 1 aromatic heterocycles. The Morgan fingerprint density at radius 1 is 1.09 bits per heavy atom. The van der Waals surface area contributed by atoms with Crippen LogP contribution in [0.4, 0.5) is 16.3 Å². The Kier molecular flexibility index (Phi) is 6.18. The van der Waals surface area contributed by atoms with Crippen LogP contribution in [0.15, 0.2) is 42.6 Å². The zero-order chi connectivity index (χ0) is 23.8. The lowest BCUT2D eigenvalue weighted by Gasteiger charge is -2.28. The Morgan fingerprint density at radius 3 is 2.39 bits per heavy atom. The fourth-order valence-electron chi connectivity index (χ4n) is 4.32. The number of nitrogens with one attached hydrogen (secondary N) is 1. The van der Waals surface area contributed by atoms with Crippen molar-refractivity contribution in [1.82, 2.24) is 9.88 Å². The molecule has 0 atom stereocenters. The van der Waals surface area contributed by atoms with Crippen molar-refractivity contribution in [2.75, 3.05) is 23.4 Å². The molecule has 4 rings (SSSR count). The zero-order valence-corrected chi connectivity index (χ0v) is 20.2. The summed E-state index contributed by atoms with van der Waals surface area (Å²) in [6.45, 7) is 11.9. The number of imide groups is 1. The van der Waals surface area contributed by atoms with Gasteiger partial charge < -0.3 is 15.0 Å². The molecule has 2 aromatic rings. The number of hydrogen-bond donors (Lipinski definition) is 1. The molecule has 0 unspecified atom stereocenters. The number of aromatic nitrogens is 1. The maximum absolute atomic E-state index is 13.4. The summed E-state index contributed by atoms with van der Waals surface area (Å²) in [6.07, 6.45) is 3.64. The summed E-state index contributed by atoms with van der Waals surface area (Å²) in [5.41, 5.74) is 1.74. The van der Waals surface area contributed by atoms with Crippen molar-refractivity contribution in [3.63, 3.8) is 0 Å². The minimum atomic E-state index is -0.947. The molecule has 2 aliphatic rings. The van der Waals surface area contributed by atoms with Crippen molar-refractivity contribution in [3.8, 4) is 0 Å². The van der Waals surface area contributed by atoms with Crippen LogP contribution in [0.2, 0.25) is 0 Å². The molecular weight excluding hydrogens is 416 g/mol. The average molecular weight is 451 g/mol. The Balaban J connectivity index is 1.53. The van der Waals surface area contributed by atoms with Crippen LogP contribution in [0.3, 0.4) is 0 Å². The largest absolute Gasteiger partial charge is 0.381 e. The van der Waals surface area contributed by atoms with Gasteiger partial charge in [-0.2, -0.15) is 0 Å². The van der Waals surface area contributed by atoms with Gasteiger partial charge in [0.05, 0.1) is 5.69 Å². The molecule has 0 aliphatic carbocycles. The fourth-order valence-corrected chi connectivity index (χ4v) is 4.32. The van der Waals surface area contributed by atoms with Gasteiger partial charge in [0, 0.05) is 32.0 Å². The standard InChI is InChI=1S/C26H34N4O3/c1-25(2,3)19-6-8-21(9-7-19)30-23(31)26(4,5)29(24(30)32)17-18-10-13-27-22(16-18)28-20-11-14-33-15-12-20/h6-10,13,16,20H,11-12,14-15,17H2,1-5H3,(H,27,28). The lowest BCUT2D eigenvalue weighted by Crippen LogP contribution is -2.43. The van der Waals surface area contributed by atoms with Crippen LogP contribution >= 0.6 is 0 Å². The monoisotopic (exact) mass is 450 g/mol. The van der Waals surface area contributed by atoms with E-state index in [0.29, 0.717) is 18.3 Å². The quantitative estimate of drug-likeness (QED) is 0.668. The van der Waals surface area contributed by atoms with Crippen molar-refractivity contribution in [3.05, 3.63) is 53.7 Å². The van der Waals surface area contributed by atoms with Gasteiger partial charge in [-0.3, -0.25) is 4.79 Å². The summed E-state index contributed by atoms with van der Waals surface area (Å²) in [5, 5.41) is 3.47. The number of hydrogen-bond acceptors (Lipinski definition) is 5. The summed E-state index contributed by atoms with van der Waals surface area (Å²) >= 11 is 0. The normalized spacial score (nSPS) is 19.3. The van der Waals surface area contributed by atoms with Crippen LogP contribution in [-0.4, -0.2) is 46.6 Å². The molecule has 3 amide bonds. The van der Waals surface area contributed by atoms with E-state index in [1.165, 1.54) is 4.90 Å². The van der Waals surface area contributed by atoms with Gasteiger partial charge in [0.25, 0.3) is 5.91 Å². The van der Waals surface area contributed by atoms with E-state index < -0.39 is 5.54 Å². The van der Waals surface area contributed by atoms with Crippen molar-refractivity contribution in [2.24, 2.45) is 0 Å². The molecule has 3 heterocycles. The summed E-state index contributed by atoms with van der Waals surface area (Å²) in [4.78, 5) is 34.1. The molecule has 7 nitrogen and oxygen atoms in total. The SMILES string of the molecule is CC(C)(C)c1ccc(N2C(=O)N(Cc3ccnc(NC4CCOCC4)c3)C(C)(C)C2=O)cc1. The third-order valence-electron chi connectivity index (χ3n) is 6.55. The van der Waals surface area contributed by atoms with Crippen LogP contribution in [-0.2, 0) is 21.5 Å². The van der Waals surface area contributed by atoms with Crippen molar-refractivity contribution >= 4 is 23.4 Å². The molecule has 2 saturated heterocycles. The summed E-state index contributed by atoms with van der Waals surface area (Å²) in [7, 11) is 0. The number of nitrogens with zero attached hydrogens (tertiary/aromatic N) is 3. The Hall–Kier alpha value is -2.93. The van der Waals surface area contributed by atoms with Crippen LogP contribution < -0.4 is 10.2 Å². The Labute approximate surface area is 196 Å².